The molecule has 0 fully saturated rings. The third-order valence-electron chi connectivity index (χ3n) is 4.17. The number of ether oxygens (including phenoxy) is 1. The quantitative estimate of drug-likeness (QED) is 0.598. The van der Waals surface area contributed by atoms with Crippen LogP contribution in [0.2, 0.25) is 0 Å². The molecular formula is C20H21BrN2O2S. The molecule has 1 heterocycles. The number of benzene rings is 2. The van der Waals surface area contributed by atoms with Gasteiger partial charge < -0.3 is 15.0 Å². The van der Waals surface area contributed by atoms with Gasteiger partial charge in [0.15, 0.2) is 6.61 Å². The number of hydrogen-bond donors (Lipinski definition) is 1. The van der Waals surface area contributed by atoms with Gasteiger partial charge in [-0.3, -0.25) is 4.79 Å². The van der Waals surface area contributed by atoms with E-state index in [-0.39, 0.29) is 18.6 Å². The van der Waals surface area contributed by atoms with Gasteiger partial charge in [-0.15, -0.1) is 11.3 Å². The summed E-state index contributed by atoms with van der Waals surface area (Å²) in [7, 11) is 4.03. The van der Waals surface area contributed by atoms with Crippen molar-refractivity contribution in [3.8, 4) is 5.75 Å². The second-order valence-electron chi connectivity index (χ2n) is 6.19. The van der Waals surface area contributed by atoms with E-state index in [4.69, 9.17) is 4.74 Å². The standard InChI is InChI=1S/C20H21BrN2O2S/c1-23(2)16(18-8-5-11-26-18)12-22-19(24)13-25-17-10-9-14-6-3-4-7-15(14)20(17)21/h3-11,16H,12-13H2,1-2H3,(H,22,24). The van der Waals surface area contributed by atoms with E-state index >= 15 is 0 Å². The number of halogens is 1. The third kappa shape index (κ3) is 4.44. The Morgan fingerprint density at radius 1 is 1.19 bits per heavy atom. The van der Waals surface area contributed by atoms with Gasteiger partial charge in [0.05, 0.1) is 10.5 Å². The Bertz CT molecular complexity index is 881. The van der Waals surface area contributed by atoms with Crippen LogP contribution in [-0.2, 0) is 4.79 Å². The number of rotatable bonds is 7. The molecule has 0 saturated carbocycles. The minimum atomic E-state index is -0.131. The van der Waals surface area contributed by atoms with Gasteiger partial charge in [0, 0.05) is 11.4 Å². The van der Waals surface area contributed by atoms with Crippen molar-refractivity contribution in [2.24, 2.45) is 0 Å². The topological polar surface area (TPSA) is 41.6 Å². The van der Waals surface area contributed by atoms with E-state index < -0.39 is 0 Å². The second kappa shape index (κ2) is 8.66. The molecule has 3 rings (SSSR count). The summed E-state index contributed by atoms with van der Waals surface area (Å²) < 4.78 is 6.59. The predicted octanol–water partition coefficient (Wildman–Crippen LogP) is 4.46. The minimum Gasteiger partial charge on any atom is -0.483 e. The maximum absolute atomic E-state index is 12.2. The highest BCUT2D eigenvalue weighted by Crippen LogP contribution is 2.33. The van der Waals surface area contributed by atoms with Crippen molar-refractivity contribution in [2.45, 2.75) is 6.04 Å². The zero-order valence-electron chi connectivity index (χ0n) is 14.7. The fourth-order valence-corrected chi connectivity index (χ4v) is 4.28. The second-order valence-corrected chi connectivity index (χ2v) is 7.96. The largest absolute Gasteiger partial charge is 0.483 e. The number of nitrogens with one attached hydrogen (secondary N) is 1. The number of likely N-dealkylation sites (N-methyl/N-ethyl adjacent to an activating group) is 1. The molecule has 0 aliphatic carbocycles. The minimum absolute atomic E-state index is 0.0124. The Balaban J connectivity index is 1.58. The van der Waals surface area contributed by atoms with Crippen LogP contribution in [-0.4, -0.2) is 38.1 Å². The van der Waals surface area contributed by atoms with Gasteiger partial charge in [0.1, 0.15) is 5.75 Å². The number of hydrogen-bond acceptors (Lipinski definition) is 4. The van der Waals surface area contributed by atoms with Crippen LogP contribution in [0.3, 0.4) is 0 Å². The van der Waals surface area contributed by atoms with Crippen LogP contribution < -0.4 is 10.1 Å². The molecule has 1 amide bonds. The summed E-state index contributed by atoms with van der Waals surface area (Å²) in [5.74, 6) is 0.537. The van der Waals surface area contributed by atoms with Crippen LogP contribution in [0.5, 0.6) is 5.75 Å². The molecule has 26 heavy (non-hydrogen) atoms. The van der Waals surface area contributed by atoms with Gasteiger partial charge in [0.25, 0.3) is 5.91 Å². The number of carbonyl (C=O) groups is 1. The molecule has 0 radical (unpaired) electrons. The molecule has 1 unspecified atom stereocenters. The number of amides is 1. The highest BCUT2D eigenvalue weighted by molar-refractivity contribution is 9.10. The van der Waals surface area contributed by atoms with Crippen LogP contribution in [0.4, 0.5) is 0 Å². The monoisotopic (exact) mass is 432 g/mol. The zero-order chi connectivity index (χ0) is 18.5. The van der Waals surface area contributed by atoms with Crippen molar-refractivity contribution < 1.29 is 9.53 Å². The van der Waals surface area contributed by atoms with E-state index in [1.165, 1.54) is 4.88 Å². The Kier molecular flexibility index (Phi) is 6.29. The average molecular weight is 433 g/mol. The van der Waals surface area contributed by atoms with Crippen molar-refractivity contribution in [2.75, 3.05) is 27.2 Å². The highest BCUT2D eigenvalue weighted by Gasteiger charge is 2.16. The number of fused-ring (bicyclic) bond motifs is 1. The van der Waals surface area contributed by atoms with Crippen molar-refractivity contribution >= 4 is 43.9 Å². The van der Waals surface area contributed by atoms with E-state index in [0.29, 0.717) is 12.3 Å². The van der Waals surface area contributed by atoms with E-state index in [0.717, 1.165) is 15.2 Å². The van der Waals surface area contributed by atoms with E-state index in [1.807, 2.05) is 61.9 Å². The number of thiophene rings is 1. The summed E-state index contributed by atoms with van der Waals surface area (Å²) in [5.41, 5.74) is 0. The molecule has 0 aliphatic rings. The molecule has 3 aromatic rings. The number of carbonyl (C=O) groups excluding carboxylic acids is 1. The first-order valence-corrected chi connectivity index (χ1v) is 10.00. The normalized spacial score (nSPS) is 12.3. The molecule has 0 bridgehead atoms. The maximum atomic E-state index is 12.2. The lowest BCUT2D eigenvalue weighted by Gasteiger charge is -2.23. The van der Waals surface area contributed by atoms with E-state index in [9.17, 15) is 4.79 Å². The smallest absolute Gasteiger partial charge is 0.258 e. The lowest BCUT2D eigenvalue weighted by Crippen LogP contribution is -2.36. The first kappa shape index (κ1) is 18.9. The SMILES string of the molecule is CN(C)C(CNC(=O)COc1ccc2ccccc2c1Br)c1cccs1. The predicted molar refractivity (Wildman–Crippen MR) is 111 cm³/mol. The summed E-state index contributed by atoms with van der Waals surface area (Å²) in [6.45, 7) is 0.538. The molecule has 4 nitrogen and oxygen atoms in total. The van der Waals surface area contributed by atoms with Crippen LogP contribution in [0.1, 0.15) is 10.9 Å². The van der Waals surface area contributed by atoms with Gasteiger partial charge >= 0.3 is 0 Å². The Hall–Kier alpha value is -1.89. The zero-order valence-corrected chi connectivity index (χ0v) is 17.1. The molecule has 136 valence electrons. The molecule has 0 aliphatic heterocycles. The fraction of sp³-hybridized carbons (Fsp3) is 0.250. The molecule has 1 N–H and O–H groups in total. The lowest BCUT2D eigenvalue weighted by molar-refractivity contribution is -0.123. The summed E-state index contributed by atoms with van der Waals surface area (Å²) >= 11 is 5.27. The Morgan fingerprint density at radius 3 is 2.73 bits per heavy atom. The van der Waals surface area contributed by atoms with E-state index in [2.05, 4.69) is 32.2 Å². The molecule has 6 heteroatoms. The molecular weight excluding hydrogens is 412 g/mol. The fourth-order valence-electron chi connectivity index (χ4n) is 2.75. The third-order valence-corrected chi connectivity index (χ3v) is 5.97. The molecule has 0 saturated heterocycles. The number of nitrogens with zero attached hydrogens (tertiary/aromatic N) is 1. The van der Waals surface area contributed by atoms with Crippen molar-refractivity contribution in [1.29, 1.82) is 0 Å². The van der Waals surface area contributed by atoms with Gasteiger partial charge in [-0.1, -0.05) is 36.4 Å². The van der Waals surface area contributed by atoms with Gasteiger partial charge in [-0.05, 0) is 58.3 Å². The van der Waals surface area contributed by atoms with Crippen LogP contribution in [0.25, 0.3) is 10.8 Å². The van der Waals surface area contributed by atoms with E-state index in [1.54, 1.807) is 11.3 Å². The van der Waals surface area contributed by atoms with Gasteiger partial charge in [-0.2, -0.15) is 0 Å². The molecule has 0 spiro atoms. The molecule has 2 aromatic carbocycles. The van der Waals surface area contributed by atoms with Crippen LogP contribution in [0, 0.1) is 0 Å². The van der Waals surface area contributed by atoms with Crippen molar-refractivity contribution in [3.63, 3.8) is 0 Å². The van der Waals surface area contributed by atoms with Gasteiger partial charge in [0.2, 0.25) is 0 Å². The van der Waals surface area contributed by atoms with Crippen molar-refractivity contribution in [3.05, 3.63) is 63.3 Å². The highest BCUT2D eigenvalue weighted by atomic mass is 79.9. The average Bonchev–Trinajstić information content (AvgIpc) is 3.15. The van der Waals surface area contributed by atoms with Gasteiger partial charge in [-0.25, -0.2) is 0 Å². The Morgan fingerprint density at radius 2 is 2.00 bits per heavy atom. The first-order valence-electron chi connectivity index (χ1n) is 8.33. The lowest BCUT2D eigenvalue weighted by atomic mass is 10.1. The summed E-state index contributed by atoms with van der Waals surface area (Å²) in [4.78, 5) is 15.6. The molecule has 1 atom stereocenters. The summed E-state index contributed by atoms with van der Waals surface area (Å²) in [6.07, 6.45) is 0. The summed E-state index contributed by atoms with van der Waals surface area (Å²) in [5, 5.41) is 7.21. The Labute approximate surface area is 165 Å². The first-order chi connectivity index (χ1) is 12.6. The summed E-state index contributed by atoms with van der Waals surface area (Å²) in [6, 6.07) is 16.2. The van der Waals surface area contributed by atoms with Crippen LogP contribution >= 0.6 is 27.3 Å². The van der Waals surface area contributed by atoms with Crippen LogP contribution in [0.15, 0.2) is 58.4 Å². The molecule has 1 aromatic heterocycles. The maximum Gasteiger partial charge on any atom is 0.258 e. The van der Waals surface area contributed by atoms with Crippen molar-refractivity contribution in [1.82, 2.24) is 10.2 Å².